The number of carbonyl (C=O) groups excluding carboxylic acids is 1. The SMILES string of the molecule is O=C(O)[C@@H]1CC[C@H](c2ccccc2Cl)N1C(=O)C1Cc2ccccc2C1. The average molecular weight is 370 g/mol. The summed E-state index contributed by atoms with van der Waals surface area (Å²) in [4.78, 5) is 26.7. The molecule has 0 bridgehead atoms. The van der Waals surface area contributed by atoms with Gasteiger partial charge in [0.05, 0.1) is 6.04 Å². The number of carboxylic acids is 1. The summed E-state index contributed by atoms with van der Waals surface area (Å²) in [6, 6.07) is 14.4. The van der Waals surface area contributed by atoms with E-state index in [0.717, 1.165) is 5.56 Å². The summed E-state index contributed by atoms with van der Waals surface area (Å²) >= 11 is 6.35. The Morgan fingerprint density at radius 3 is 2.19 bits per heavy atom. The lowest BCUT2D eigenvalue weighted by molar-refractivity contribution is -0.151. The van der Waals surface area contributed by atoms with Crippen LogP contribution in [-0.2, 0) is 22.4 Å². The van der Waals surface area contributed by atoms with Crippen molar-refractivity contribution >= 4 is 23.5 Å². The molecule has 1 N–H and O–H groups in total. The highest BCUT2D eigenvalue weighted by Gasteiger charge is 2.45. The number of hydrogen-bond donors (Lipinski definition) is 1. The molecule has 5 heteroatoms. The lowest BCUT2D eigenvalue weighted by atomic mass is 10.0. The fourth-order valence-electron chi connectivity index (χ4n) is 4.36. The molecule has 2 aliphatic rings. The fraction of sp³-hybridized carbons (Fsp3) is 0.333. The van der Waals surface area contributed by atoms with E-state index < -0.39 is 12.0 Å². The number of amides is 1. The summed E-state index contributed by atoms with van der Waals surface area (Å²) in [5.74, 6) is -1.21. The average Bonchev–Trinajstić information content (AvgIpc) is 3.26. The molecule has 0 aromatic heterocycles. The van der Waals surface area contributed by atoms with Gasteiger partial charge in [-0.3, -0.25) is 4.79 Å². The Balaban J connectivity index is 1.65. The van der Waals surface area contributed by atoms with Crippen molar-refractivity contribution in [1.29, 1.82) is 0 Å². The predicted molar refractivity (Wildman–Crippen MR) is 99.0 cm³/mol. The second-order valence-electron chi connectivity index (χ2n) is 7.09. The number of hydrogen-bond acceptors (Lipinski definition) is 2. The Labute approximate surface area is 157 Å². The molecule has 1 heterocycles. The van der Waals surface area contributed by atoms with Crippen LogP contribution < -0.4 is 0 Å². The molecule has 0 radical (unpaired) electrons. The molecule has 134 valence electrons. The lowest BCUT2D eigenvalue weighted by Gasteiger charge is -2.31. The third-order valence-corrected chi connectivity index (χ3v) is 5.93. The minimum atomic E-state index is -0.941. The zero-order chi connectivity index (χ0) is 18.3. The van der Waals surface area contributed by atoms with Crippen molar-refractivity contribution in [2.24, 2.45) is 5.92 Å². The van der Waals surface area contributed by atoms with Gasteiger partial charge in [-0.1, -0.05) is 54.1 Å². The summed E-state index contributed by atoms with van der Waals surface area (Å²) in [5, 5.41) is 10.2. The molecule has 4 rings (SSSR count). The first-order valence-corrected chi connectivity index (χ1v) is 9.30. The standard InChI is InChI=1S/C21H20ClNO3/c22-17-8-4-3-7-16(17)18-9-10-19(21(25)26)23(18)20(24)15-11-13-5-1-2-6-14(13)12-15/h1-8,15,18-19H,9-12H2,(H,25,26)/t18-,19+/m1/s1. The molecular formula is C21H20ClNO3. The summed E-state index contributed by atoms with van der Waals surface area (Å²) < 4.78 is 0. The van der Waals surface area contributed by atoms with Gasteiger partial charge in [0.15, 0.2) is 0 Å². The fourth-order valence-corrected chi connectivity index (χ4v) is 4.62. The maximum absolute atomic E-state index is 13.3. The molecular weight excluding hydrogens is 350 g/mol. The van der Waals surface area contributed by atoms with Crippen molar-refractivity contribution in [2.75, 3.05) is 0 Å². The van der Waals surface area contributed by atoms with Gasteiger partial charge in [0, 0.05) is 10.9 Å². The molecule has 1 aliphatic carbocycles. The van der Waals surface area contributed by atoms with Crippen molar-refractivity contribution < 1.29 is 14.7 Å². The number of halogens is 1. The third kappa shape index (κ3) is 2.88. The molecule has 1 fully saturated rings. The largest absolute Gasteiger partial charge is 0.480 e. The number of likely N-dealkylation sites (tertiary alicyclic amines) is 1. The van der Waals surface area contributed by atoms with Crippen molar-refractivity contribution in [3.05, 3.63) is 70.2 Å². The number of carboxylic acid groups (broad SMARTS) is 1. The molecule has 1 saturated heterocycles. The maximum atomic E-state index is 13.3. The number of nitrogens with zero attached hydrogens (tertiary/aromatic N) is 1. The van der Waals surface area contributed by atoms with Gasteiger partial charge in [0.2, 0.25) is 5.91 Å². The van der Waals surface area contributed by atoms with Crippen molar-refractivity contribution in [3.8, 4) is 0 Å². The Bertz CT molecular complexity index is 841. The number of benzene rings is 2. The molecule has 0 saturated carbocycles. The predicted octanol–water partition coefficient (Wildman–Crippen LogP) is 3.87. The van der Waals surface area contributed by atoms with Crippen LogP contribution in [0, 0.1) is 5.92 Å². The van der Waals surface area contributed by atoms with Gasteiger partial charge < -0.3 is 10.0 Å². The van der Waals surface area contributed by atoms with Gasteiger partial charge >= 0.3 is 5.97 Å². The van der Waals surface area contributed by atoms with Crippen LogP contribution in [0.3, 0.4) is 0 Å². The van der Waals surface area contributed by atoms with Gasteiger partial charge in [0.25, 0.3) is 0 Å². The van der Waals surface area contributed by atoms with E-state index in [-0.39, 0.29) is 17.9 Å². The molecule has 1 aliphatic heterocycles. The summed E-state index contributed by atoms with van der Waals surface area (Å²) in [7, 11) is 0. The van der Waals surface area contributed by atoms with Crippen LogP contribution in [-0.4, -0.2) is 27.9 Å². The smallest absolute Gasteiger partial charge is 0.326 e. The van der Waals surface area contributed by atoms with Gasteiger partial charge in [-0.25, -0.2) is 4.79 Å². The van der Waals surface area contributed by atoms with E-state index in [1.807, 2.05) is 42.5 Å². The van der Waals surface area contributed by atoms with E-state index in [2.05, 4.69) is 0 Å². The Hall–Kier alpha value is -2.33. The second-order valence-corrected chi connectivity index (χ2v) is 7.50. The topological polar surface area (TPSA) is 57.6 Å². The molecule has 0 spiro atoms. The first kappa shape index (κ1) is 17.1. The van der Waals surface area contributed by atoms with Crippen molar-refractivity contribution in [2.45, 2.75) is 37.8 Å². The van der Waals surface area contributed by atoms with E-state index in [1.54, 1.807) is 11.0 Å². The molecule has 26 heavy (non-hydrogen) atoms. The maximum Gasteiger partial charge on any atom is 0.326 e. The van der Waals surface area contributed by atoms with E-state index in [9.17, 15) is 14.7 Å². The monoisotopic (exact) mass is 369 g/mol. The number of carbonyl (C=O) groups is 2. The molecule has 1 amide bonds. The number of rotatable bonds is 3. The number of fused-ring (bicyclic) bond motifs is 1. The first-order valence-electron chi connectivity index (χ1n) is 8.92. The number of aliphatic carboxylic acids is 1. The van der Waals surface area contributed by atoms with Crippen LogP contribution in [0.1, 0.15) is 35.6 Å². The van der Waals surface area contributed by atoms with Crippen LogP contribution in [0.4, 0.5) is 0 Å². The Kier molecular flexibility index (Phi) is 4.45. The Morgan fingerprint density at radius 2 is 1.58 bits per heavy atom. The Morgan fingerprint density at radius 1 is 0.962 bits per heavy atom. The highest BCUT2D eigenvalue weighted by molar-refractivity contribution is 6.31. The molecule has 2 aromatic rings. The summed E-state index contributed by atoms with van der Waals surface area (Å²) in [6.07, 6.45) is 2.42. The third-order valence-electron chi connectivity index (χ3n) is 5.59. The zero-order valence-corrected chi connectivity index (χ0v) is 15.0. The van der Waals surface area contributed by atoms with Crippen LogP contribution >= 0.6 is 11.6 Å². The highest BCUT2D eigenvalue weighted by atomic mass is 35.5. The van der Waals surface area contributed by atoms with Gasteiger partial charge in [-0.2, -0.15) is 0 Å². The molecule has 4 nitrogen and oxygen atoms in total. The van der Waals surface area contributed by atoms with Crippen LogP contribution in [0.5, 0.6) is 0 Å². The van der Waals surface area contributed by atoms with E-state index in [4.69, 9.17) is 11.6 Å². The molecule has 2 atom stereocenters. The minimum absolute atomic E-state index is 0.0731. The van der Waals surface area contributed by atoms with Gasteiger partial charge in [-0.05, 0) is 48.4 Å². The van der Waals surface area contributed by atoms with Crippen molar-refractivity contribution in [1.82, 2.24) is 4.90 Å². The van der Waals surface area contributed by atoms with Crippen molar-refractivity contribution in [3.63, 3.8) is 0 Å². The quantitative estimate of drug-likeness (QED) is 0.893. The summed E-state index contributed by atoms with van der Waals surface area (Å²) in [5.41, 5.74) is 3.21. The zero-order valence-electron chi connectivity index (χ0n) is 14.3. The van der Waals surface area contributed by atoms with E-state index >= 15 is 0 Å². The van der Waals surface area contributed by atoms with Crippen LogP contribution in [0.15, 0.2) is 48.5 Å². The van der Waals surface area contributed by atoms with E-state index in [1.165, 1.54) is 11.1 Å². The first-order chi connectivity index (χ1) is 12.6. The highest BCUT2D eigenvalue weighted by Crippen LogP contribution is 2.41. The van der Waals surface area contributed by atoms with Crippen LogP contribution in [0.2, 0.25) is 5.02 Å². The molecule has 0 unspecified atom stereocenters. The second kappa shape index (κ2) is 6.76. The van der Waals surface area contributed by atoms with E-state index in [0.29, 0.717) is 30.7 Å². The minimum Gasteiger partial charge on any atom is -0.480 e. The van der Waals surface area contributed by atoms with Gasteiger partial charge in [0.1, 0.15) is 6.04 Å². The molecule has 2 aromatic carbocycles. The lowest BCUT2D eigenvalue weighted by Crippen LogP contribution is -2.45. The van der Waals surface area contributed by atoms with Gasteiger partial charge in [-0.15, -0.1) is 0 Å². The normalized spacial score (nSPS) is 22.4. The summed E-state index contributed by atoms with van der Waals surface area (Å²) in [6.45, 7) is 0. The van der Waals surface area contributed by atoms with Crippen LogP contribution in [0.25, 0.3) is 0 Å².